The van der Waals surface area contributed by atoms with Gasteiger partial charge < -0.3 is 20.4 Å². The van der Waals surface area contributed by atoms with Gasteiger partial charge in [0.15, 0.2) is 29.1 Å². The maximum Gasteiger partial charge on any atom is 0.229 e. The van der Waals surface area contributed by atoms with Crippen molar-refractivity contribution in [3.8, 4) is 0 Å². The Kier molecular flexibility index (Phi) is 5.63. The van der Waals surface area contributed by atoms with Crippen molar-refractivity contribution < 1.29 is 39.6 Å². The maximum absolute atomic E-state index is 11.3. The lowest BCUT2D eigenvalue weighted by Crippen LogP contribution is -2.65. The quantitative estimate of drug-likeness (QED) is 0.363. The van der Waals surface area contributed by atoms with Crippen molar-refractivity contribution in [1.29, 1.82) is 0 Å². The number of carbonyl (C=O) groups is 4. The third-order valence-corrected chi connectivity index (χ3v) is 2.74. The minimum atomic E-state index is -3.15. The fraction of sp³-hybridized carbons (Fsp3) is 0.636. The zero-order valence-electron chi connectivity index (χ0n) is 10.7. The van der Waals surface area contributed by atoms with Gasteiger partial charge in [0.25, 0.3) is 0 Å². The van der Waals surface area contributed by atoms with Crippen molar-refractivity contribution in [2.75, 3.05) is 0 Å². The summed E-state index contributed by atoms with van der Waals surface area (Å²) in [4.78, 5) is 44.4. The first kappa shape index (κ1) is 17.5. The van der Waals surface area contributed by atoms with Crippen LogP contribution in [0.5, 0.6) is 0 Å². The Balaban J connectivity index is 5.61. The molecule has 0 saturated heterocycles. The van der Waals surface area contributed by atoms with Gasteiger partial charge in [-0.1, -0.05) is 0 Å². The van der Waals surface area contributed by atoms with Gasteiger partial charge in [-0.2, -0.15) is 0 Å². The standard InChI is InChI=1S/C11H16O8/c1-4(12)7(15)9(17)11(19,6(3)14)10(18)8(16)5(2)13/h7,9-10,15,17-19H,1-3H3/t7?,9-,10+,11-/m1/s1. The van der Waals surface area contributed by atoms with Crippen molar-refractivity contribution in [2.45, 2.75) is 44.7 Å². The summed E-state index contributed by atoms with van der Waals surface area (Å²) >= 11 is 0. The van der Waals surface area contributed by atoms with Crippen molar-refractivity contribution in [2.24, 2.45) is 0 Å². The molecule has 8 heteroatoms. The topological polar surface area (TPSA) is 149 Å². The van der Waals surface area contributed by atoms with E-state index in [4.69, 9.17) is 0 Å². The number of aliphatic hydroxyl groups excluding tert-OH is 3. The highest BCUT2D eigenvalue weighted by Gasteiger charge is 2.54. The summed E-state index contributed by atoms with van der Waals surface area (Å²) in [5.74, 6) is -4.94. The van der Waals surface area contributed by atoms with Gasteiger partial charge in [-0.05, 0) is 13.8 Å². The van der Waals surface area contributed by atoms with Crippen molar-refractivity contribution in [1.82, 2.24) is 0 Å². The number of hydrogen-bond acceptors (Lipinski definition) is 8. The van der Waals surface area contributed by atoms with E-state index in [2.05, 4.69) is 0 Å². The van der Waals surface area contributed by atoms with Crippen molar-refractivity contribution in [3.63, 3.8) is 0 Å². The van der Waals surface area contributed by atoms with E-state index in [1.165, 1.54) is 0 Å². The van der Waals surface area contributed by atoms with E-state index in [1.54, 1.807) is 0 Å². The second kappa shape index (κ2) is 6.11. The van der Waals surface area contributed by atoms with Gasteiger partial charge in [-0.3, -0.25) is 19.2 Å². The molecule has 1 unspecified atom stereocenters. The minimum Gasteiger partial charge on any atom is -0.386 e. The second-order valence-corrected chi connectivity index (χ2v) is 4.20. The minimum absolute atomic E-state index is 0.729. The molecular weight excluding hydrogens is 260 g/mol. The number of carbonyl (C=O) groups excluding carboxylic acids is 4. The molecule has 4 atom stereocenters. The molecule has 8 nitrogen and oxygen atoms in total. The largest absolute Gasteiger partial charge is 0.386 e. The van der Waals surface area contributed by atoms with Gasteiger partial charge >= 0.3 is 0 Å². The van der Waals surface area contributed by atoms with Crippen LogP contribution in [0.4, 0.5) is 0 Å². The molecule has 0 amide bonds. The third-order valence-electron chi connectivity index (χ3n) is 2.74. The Morgan fingerprint density at radius 3 is 1.63 bits per heavy atom. The molecule has 0 saturated carbocycles. The summed E-state index contributed by atoms with van der Waals surface area (Å²) in [6, 6.07) is 0. The molecule has 0 radical (unpaired) electrons. The Morgan fingerprint density at radius 1 is 0.947 bits per heavy atom. The summed E-state index contributed by atoms with van der Waals surface area (Å²) < 4.78 is 0. The van der Waals surface area contributed by atoms with Crippen LogP contribution in [0.3, 0.4) is 0 Å². The lowest BCUT2D eigenvalue weighted by atomic mass is 9.80. The molecule has 4 N–H and O–H groups in total. The molecule has 0 aromatic heterocycles. The zero-order chi connectivity index (χ0) is 15.5. The number of Topliss-reactive ketones (excluding diaryl/α,β-unsaturated/α-hetero) is 4. The van der Waals surface area contributed by atoms with Gasteiger partial charge in [0, 0.05) is 6.92 Å². The van der Waals surface area contributed by atoms with E-state index in [-0.39, 0.29) is 0 Å². The smallest absolute Gasteiger partial charge is 0.229 e. The molecule has 108 valence electrons. The van der Waals surface area contributed by atoms with Gasteiger partial charge in [0.2, 0.25) is 5.78 Å². The average Bonchev–Trinajstić information content (AvgIpc) is 2.33. The molecule has 0 fully saturated rings. The lowest BCUT2D eigenvalue weighted by Gasteiger charge is -2.35. The summed E-state index contributed by atoms with van der Waals surface area (Å²) in [6.45, 7) is 2.39. The van der Waals surface area contributed by atoms with E-state index >= 15 is 0 Å². The van der Waals surface area contributed by atoms with Gasteiger partial charge in [-0.15, -0.1) is 0 Å². The summed E-state index contributed by atoms with van der Waals surface area (Å²) in [5, 5.41) is 38.4. The normalized spacial score (nSPS) is 18.9. The zero-order valence-corrected chi connectivity index (χ0v) is 10.7. The third kappa shape index (κ3) is 3.29. The SMILES string of the molecule is CC(=O)C(=O)[C@H](O)[C@@](O)(C(C)=O)[C@H](O)C(O)C(C)=O. The molecule has 0 aliphatic rings. The van der Waals surface area contributed by atoms with Crippen LogP contribution in [0, 0.1) is 0 Å². The van der Waals surface area contributed by atoms with Crippen LogP contribution < -0.4 is 0 Å². The Morgan fingerprint density at radius 2 is 1.37 bits per heavy atom. The highest BCUT2D eigenvalue weighted by molar-refractivity contribution is 6.38. The van der Waals surface area contributed by atoms with E-state index < -0.39 is 47.0 Å². The molecular formula is C11H16O8. The molecule has 0 heterocycles. The van der Waals surface area contributed by atoms with Crippen LogP contribution in [-0.4, -0.2) is 67.5 Å². The lowest BCUT2D eigenvalue weighted by molar-refractivity contribution is -0.190. The van der Waals surface area contributed by atoms with Crippen LogP contribution in [0.25, 0.3) is 0 Å². The van der Waals surface area contributed by atoms with E-state index in [1.807, 2.05) is 0 Å². The van der Waals surface area contributed by atoms with Crippen LogP contribution >= 0.6 is 0 Å². The van der Waals surface area contributed by atoms with Crippen LogP contribution in [0.15, 0.2) is 0 Å². The van der Waals surface area contributed by atoms with Crippen molar-refractivity contribution >= 4 is 23.1 Å². The monoisotopic (exact) mass is 276 g/mol. The number of aliphatic hydroxyl groups is 4. The average molecular weight is 276 g/mol. The summed E-state index contributed by atoms with van der Waals surface area (Å²) in [6.07, 6.45) is -7.21. The molecule has 0 aliphatic carbocycles. The predicted octanol–water partition coefficient (Wildman–Crippen LogP) is -2.86. The summed E-state index contributed by atoms with van der Waals surface area (Å²) in [5.41, 5.74) is -3.15. The molecule has 0 rings (SSSR count). The second-order valence-electron chi connectivity index (χ2n) is 4.20. The Labute approximate surface area is 108 Å². The first-order chi connectivity index (χ1) is 8.47. The van der Waals surface area contributed by atoms with E-state index in [0.29, 0.717) is 0 Å². The number of rotatable bonds is 7. The van der Waals surface area contributed by atoms with E-state index in [0.717, 1.165) is 20.8 Å². The van der Waals surface area contributed by atoms with Crippen LogP contribution in [-0.2, 0) is 19.2 Å². The number of ketones is 4. The molecule has 0 aliphatic heterocycles. The highest BCUT2D eigenvalue weighted by Crippen LogP contribution is 2.22. The van der Waals surface area contributed by atoms with Crippen molar-refractivity contribution in [3.05, 3.63) is 0 Å². The van der Waals surface area contributed by atoms with Gasteiger partial charge in [-0.25, -0.2) is 0 Å². The Hall–Kier alpha value is -1.48. The predicted molar refractivity (Wildman–Crippen MR) is 60.0 cm³/mol. The van der Waals surface area contributed by atoms with Crippen LogP contribution in [0.2, 0.25) is 0 Å². The fourth-order valence-corrected chi connectivity index (χ4v) is 1.42. The van der Waals surface area contributed by atoms with Crippen LogP contribution in [0.1, 0.15) is 20.8 Å². The molecule has 0 spiro atoms. The molecule has 0 aromatic rings. The molecule has 0 bridgehead atoms. The first-order valence-corrected chi connectivity index (χ1v) is 5.30. The molecule has 0 aromatic carbocycles. The fourth-order valence-electron chi connectivity index (χ4n) is 1.42. The maximum atomic E-state index is 11.3. The Bertz CT molecular complexity index is 415. The summed E-state index contributed by atoms with van der Waals surface area (Å²) in [7, 11) is 0. The highest BCUT2D eigenvalue weighted by atomic mass is 16.4. The van der Waals surface area contributed by atoms with Gasteiger partial charge in [0.1, 0.15) is 12.2 Å². The molecule has 19 heavy (non-hydrogen) atoms. The first-order valence-electron chi connectivity index (χ1n) is 5.30. The van der Waals surface area contributed by atoms with E-state index in [9.17, 15) is 39.6 Å². The number of hydrogen-bond donors (Lipinski definition) is 4. The van der Waals surface area contributed by atoms with Gasteiger partial charge in [0.05, 0.1) is 0 Å².